The van der Waals surface area contributed by atoms with E-state index in [9.17, 15) is 15.2 Å². The number of aromatic nitrogens is 1. The molecule has 110 valence electrons. The first-order chi connectivity index (χ1) is 9.38. The predicted octanol–water partition coefficient (Wildman–Crippen LogP) is 3.00. The van der Waals surface area contributed by atoms with Crippen molar-refractivity contribution in [3.63, 3.8) is 0 Å². The molecule has 0 saturated heterocycles. The Hall–Kier alpha value is -1.40. The van der Waals surface area contributed by atoms with Gasteiger partial charge in [-0.1, -0.05) is 18.5 Å². The van der Waals surface area contributed by atoms with Gasteiger partial charge in [-0.25, -0.2) is 4.98 Å². The number of nitrogens with zero attached hydrogens (tertiary/aromatic N) is 2. The van der Waals surface area contributed by atoms with Gasteiger partial charge in [-0.15, -0.1) is 0 Å². The summed E-state index contributed by atoms with van der Waals surface area (Å²) in [6, 6.07) is 2.52. The van der Waals surface area contributed by atoms with Crippen molar-refractivity contribution in [2.75, 3.05) is 11.9 Å². The van der Waals surface area contributed by atoms with Gasteiger partial charge >= 0.3 is 0 Å². The van der Waals surface area contributed by atoms with E-state index in [1.165, 1.54) is 12.1 Å². The molecule has 1 heterocycles. The standard InChI is InChI=1S/C13H18ClN3O3/c1-9-2-4-13(18,5-3-9)8-15-12-7-10(17(19)20)6-11(14)16-12/h6-7,9,18H,2-5,8H2,1H3,(H,15,16). The molecule has 0 amide bonds. The van der Waals surface area contributed by atoms with Crippen LogP contribution in [0.1, 0.15) is 32.6 Å². The molecule has 1 fully saturated rings. The summed E-state index contributed by atoms with van der Waals surface area (Å²) in [6.07, 6.45) is 3.43. The highest BCUT2D eigenvalue weighted by Gasteiger charge is 2.31. The summed E-state index contributed by atoms with van der Waals surface area (Å²) >= 11 is 5.75. The summed E-state index contributed by atoms with van der Waals surface area (Å²) < 4.78 is 0. The Labute approximate surface area is 122 Å². The number of nitro groups is 1. The molecular formula is C13H18ClN3O3. The van der Waals surface area contributed by atoms with Gasteiger partial charge in [0.1, 0.15) is 11.0 Å². The Morgan fingerprint density at radius 2 is 2.20 bits per heavy atom. The SMILES string of the molecule is CC1CCC(O)(CNc2cc([N+](=O)[O-])cc(Cl)n2)CC1. The third kappa shape index (κ3) is 3.80. The fourth-order valence-electron chi connectivity index (χ4n) is 2.41. The van der Waals surface area contributed by atoms with Crippen molar-refractivity contribution in [1.29, 1.82) is 0 Å². The third-order valence-electron chi connectivity index (χ3n) is 3.79. The molecule has 6 nitrogen and oxygen atoms in total. The molecule has 0 spiro atoms. The van der Waals surface area contributed by atoms with Gasteiger partial charge in [-0.3, -0.25) is 10.1 Å². The van der Waals surface area contributed by atoms with Crippen molar-refractivity contribution >= 4 is 23.1 Å². The van der Waals surface area contributed by atoms with Gasteiger partial charge in [-0.2, -0.15) is 0 Å². The zero-order chi connectivity index (χ0) is 14.8. The molecule has 2 N–H and O–H groups in total. The molecule has 0 unspecified atom stereocenters. The second-order valence-electron chi connectivity index (χ2n) is 5.55. The molecule has 0 aromatic carbocycles. The molecule has 1 aromatic heterocycles. The van der Waals surface area contributed by atoms with Crippen LogP contribution in [0.3, 0.4) is 0 Å². The van der Waals surface area contributed by atoms with Gasteiger partial charge in [0.05, 0.1) is 22.7 Å². The minimum Gasteiger partial charge on any atom is -0.388 e. The summed E-state index contributed by atoms with van der Waals surface area (Å²) in [4.78, 5) is 14.2. The number of aliphatic hydroxyl groups is 1. The van der Waals surface area contributed by atoms with Crippen LogP contribution in [0.4, 0.5) is 11.5 Å². The van der Waals surface area contributed by atoms with Gasteiger partial charge in [0.2, 0.25) is 0 Å². The van der Waals surface area contributed by atoms with Crippen molar-refractivity contribution < 1.29 is 10.0 Å². The van der Waals surface area contributed by atoms with Crippen LogP contribution in [0.15, 0.2) is 12.1 Å². The first kappa shape index (κ1) is 15.0. The molecule has 0 aliphatic heterocycles. The molecule has 7 heteroatoms. The van der Waals surface area contributed by atoms with E-state index in [1.54, 1.807) is 0 Å². The topological polar surface area (TPSA) is 88.3 Å². The fraction of sp³-hybridized carbons (Fsp3) is 0.615. The van der Waals surface area contributed by atoms with Gasteiger partial charge in [-0.05, 0) is 31.6 Å². The molecule has 1 saturated carbocycles. The third-order valence-corrected chi connectivity index (χ3v) is 3.99. The van der Waals surface area contributed by atoms with Crippen LogP contribution in [-0.4, -0.2) is 27.2 Å². The molecule has 1 aromatic rings. The number of rotatable bonds is 4. The molecule has 0 bridgehead atoms. The van der Waals surface area contributed by atoms with E-state index in [0.29, 0.717) is 18.3 Å². The van der Waals surface area contributed by atoms with Crippen molar-refractivity contribution in [3.05, 3.63) is 27.4 Å². The molecule has 20 heavy (non-hydrogen) atoms. The fourth-order valence-corrected chi connectivity index (χ4v) is 2.61. The van der Waals surface area contributed by atoms with Crippen LogP contribution < -0.4 is 5.32 Å². The average molecular weight is 300 g/mol. The molecular weight excluding hydrogens is 282 g/mol. The first-order valence-corrected chi connectivity index (χ1v) is 7.04. The van der Waals surface area contributed by atoms with Crippen LogP contribution in [0.25, 0.3) is 0 Å². The van der Waals surface area contributed by atoms with E-state index < -0.39 is 10.5 Å². The lowest BCUT2D eigenvalue weighted by Crippen LogP contribution is -2.40. The Morgan fingerprint density at radius 3 is 2.80 bits per heavy atom. The minimum absolute atomic E-state index is 0.0611. The number of anilines is 1. The summed E-state index contributed by atoms with van der Waals surface area (Å²) in [6.45, 7) is 2.50. The normalized spacial score (nSPS) is 26.2. The maximum Gasteiger partial charge on any atom is 0.276 e. The highest BCUT2D eigenvalue weighted by Crippen LogP contribution is 2.32. The lowest BCUT2D eigenvalue weighted by Gasteiger charge is -2.35. The minimum atomic E-state index is -0.773. The molecule has 0 atom stereocenters. The Kier molecular flexibility index (Phi) is 4.45. The predicted molar refractivity (Wildman–Crippen MR) is 77.0 cm³/mol. The Balaban J connectivity index is 2.02. The number of halogens is 1. The summed E-state index contributed by atoms with van der Waals surface area (Å²) in [5, 5.41) is 24.2. The molecule has 2 rings (SSSR count). The van der Waals surface area contributed by atoms with E-state index in [0.717, 1.165) is 25.7 Å². The monoisotopic (exact) mass is 299 g/mol. The smallest absolute Gasteiger partial charge is 0.276 e. The van der Waals surface area contributed by atoms with Gasteiger partial charge in [0.15, 0.2) is 0 Å². The van der Waals surface area contributed by atoms with E-state index in [2.05, 4.69) is 17.2 Å². The van der Waals surface area contributed by atoms with Gasteiger partial charge in [0.25, 0.3) is 5.69 Å². The maximum atomic E-state index is 10.8. The Morgan fingerprint density at radius 1 is 1.55 bits per heavy atom. The van der Waals surface area contributed by atoms with Crippen LogP contribution in [0, 0.1) is 16.0 Å². The Bertz CT molecular complexity index is 502. The summed E-state index contributed by atoms with van der Waals surface area (Å²) in [5.74, 6) is 0.955. The molecule has 1 aliphatic rings. The van der Waals surface area contributed by atoms with Crippen LogP contribution in [0.2, 0.25) is 5.15 Å². The highest BCUT2D eigenvalue weighted by atomic mass is 35.5. The van der Waals surface area contributed by atoms with Gasteiger partial charge < -0.3 is 10.4 Å². The lowest BCUT2D eigenvalue weighted by atomic mass is 9.79. The van der Waals surface area contributed by atoms with Crippen LogP contribution in [-0.2, 0) is 0 Å². The van der Waals surface area contributed by atoms with E-state index in [4.69, 9.17) is 11.6 Å². The summed E-state index contributed by atoms with van der Waals surface area (Å²) in [5.41, 5.74) is -0.887. The van der Waals surface area contributed by atoms with Crippen molar-refractivity contribution in [2.24, 2.45) is 5.92 Å². The van der Waals surface area contributed by atoms with Crippen molar-refractivity contribution in [2.45, 2.75) is 38.2 Å². The number of hydrogen-bond acceptors (Lipinski definition) is 5. The second-order valence-corrected chi connectivity index (χ2v) is 5.94. The lowest BCUT2D eigenvalue weighted by molar-refractivity contribution is -0.384. The highest BCUT2D eigenvalue weighted by molar-refractivity contribution is 6.29. The first-order valence-electron chi connectivity index (χ1n) is 6.66. The maximum absolute atomic E-state index is 10.8. The second kappa shape index (κ2) is 5.93. The number of nitrogens with one attached hydrogen (secondary N) is 1. The van der Waals surface area contributed by atoms with Crippen LogP contribution >= 0.6 is 11.6 Å². The van der Waals surface area contributed by atoms with E-state index >= 15 is 0 Å². The zero-order valence-corrected chi connectivity index (χ0v) is 12.1. The van der Waals surface area contributed by atoms with Crippen LogP contribution in [0.5, 0.6) is 0 Å². The quantitative estimate of drug-likeness (QED) is 0.507. The van der Waals surface area contributed by atoms with E-state index in [1.807, 2.05) is 0 Å². The largest absolute Gasteiger partial charge is 0.388 e. The van der Waals surface area contributed by atoms with Gasteiger partial charge in [0, 0.05) is 6.54 Å². The molecule has 0 radical (unpaired) electrons. The summed E-state index contributed by atoms with van der Waals surface area (Å²) in [7, 11) is 0. The molecule has 1 aliphatic carbocycles. The average Bonchev–Trinajstić information content (AvgIpc) is 2.40. The van der Waals surface area contributed by atoms with Crippen molar-refractivity contribution in [3.8, 4) is 0 Å². The zero-order valence-electron chi connectivity index (χ0n) is 11.3. The van der Waals surface area contributed by atoms with Crippen molar-refractivity contribution in [1.82, 2.24) is 4.98 Å². The number of hydrogen-bond donors (Lipinski definition) is 2. The number of pyridine rings is 1. The van der Waals surface area contributed by atoms with E-state index in [-0.39, 0.29) is 10.8 Å².